The SMILES string of the molecule is CCOc1ccc(C)nc1C(=O)N1CC2CC2CC1CNc1ncc(C)cn1. The molecule has 0 bridgehead atoms. The second-order valence-electron chi connectivity index (χ2n) is 7.80. The molecule has 3 unspecified atom stereocenters. The predicted molar refractivity (Wildman–Crippen MR) is 106 cm³/mol. The first-order valence-corrected chi connectivity index (χ1v) is 9.99. The Morgan fingerprint density at radius 3 is 2.75 bits per heavy atom. The van der Waals surface area contributed by atoms with E-state index in [0.717, 1.165) is 30.1 Å². The van der Waals surface area contributed by atoms with Crippen LogP contribution in [0.25, 0.3) is 0 Å². The van der Waals surface area contributed by atoms with Crippen LogP contribution in [-0.2, 0) is 0 Å². The van der Waals surface area contributed by atoms with Crippen LogP contribution in [-0.4, -0.2) is 51.5 Å². The van der Waals surface area contributed by atoms with Gasteiger partial charge in [-0.2, -0.15) is 0 Å². The lowest BCUT2D eigenvalue weighted by Crippen LogP contribution is -2.48. The van der Waals surface area contributed by atoms with Gasteiger partial charge in [0.1, 0.15) is 0 Å². The van der Waals surface area contributed by atoms with Gasteiger partial charge in [0.25, 0.3) is 5.91 Å². The molecule has 1 saturated carbocycles. The summed E-state index contributed by atoms with van der Waals surface area (Å²) in [7, 11) is 0. The number of anilines is 1. The van der Waals surface area contributed by atoms with Crippen molar-refractivity contribution in [3.8, 4) is 5.75 Å². The van der Waals surface area contributed by atoms with Crippen LogP contribution in [0.5, 0.6) is 5.75 Å². The van der Waals surface area contributed by atoms with Crippen molar-refractivity contribution in [1.82, 2.24) is 19.9 Å². The van der Waals surface area contributed by atoms with E-state index in [0.29, 0.717) is 36.5 Å². The van der Waals surface area contributed by atoms with Crippen LogP contribution in [0.1, 0.15) is 41.5 Å². The zero-order valence-electron chi connectivity index (χ0n) is 16.7. The lowest BCUT2D eigenvalue weighted by molar-refractivity contribution is 0.0605. The molecular formula is C21H27N5O2. The molecule has 1 aliphatic heterocycles. The summed E-state index contributed by atoms with van der Waals surface area (Å²) in [6.45, 7) is 7.69. The number of aromatic nitrogens is 3. The molecule has 3 heterocycles. The highest BCUT2D eigenvalue weighted by atomic mass is 16.5. The van der Waals surface area contributed by atoms with Crippen molar-refractivity contribution in [2.45, 2.75) is 39.7 Å². The lowest BCUT2D eigenvalue weighted by atomic mass is 10.0. The Labute approximate surface area is 165 Å². The summed E-state index contributed by atoms with van der Waals surface area (Å²) in [4.78, 5) is 28.5. The molecule has 0 radical (unpaired) electrons. The number of aryl methyl sites for hydroxylation is 2. The third-order valence-corrected chi connectivity index (χ3v) is 5.55. The monoisotopic (exact) mass is 381 g/mol. The number of ether oxygens (including phenoxy) is 1. The van der Waals surface area contributed by atoms with Crippen LogP contribution in [0.3, 0.4) is 0 Å². The maximum atomic E-state index is 13.4. The average molecular weight is 381 g/mol. The summed E-state index contributed by atoms with van der Waals surface area (Å²) in [5.41, 5.74) is 2.25. The van der Waals surface area contributed by atoms with E-state index < -0.39 is 0 Å². The standard InChI is InChI=1S/C21H27N5O2/c1-4-28-18-6-5-14(3)25-19(18)20(27)26-12-16-7-15(16)8-17(26)11-24-21-22-9-13(2)10-23-21/h5-6,9-10,15-17H,4,7-8,11-12H2,1-3H3,(H,22,23,24). The highest BCUT2D eigenvalue weighted by Gasteiger charge is 2.47. The van der Waals surface area contributed by atoms with Gasteiger partial charge < -0.3 is 15.0 Å². The topological polar surface area (TPSA) is 80.2 Å². The van der Waals surface area contributed by atoms with Gasteiger partial charge in [0.2, 0.25) is 5.95 Å². The molecule has 7 nitrogen and oxygen atoms in total. The molecule has 28 heavy (non-hydrogen) atoms. The molecule has 7 heteroatoms. The minimum atomic E-state index is -0.0471. The van der Waals surface area contributed by atoms with Gasteiger partial charge in [-0.3, -0.25) is 4.79 Å². The lowest BCUT2D eigenvalue weighted by Gasteiger charge is -2.35. The fourth-order valence-corrected chi connectivity index (χ4v) is 3.94. The first-order chi connectivity index (χ1) is 13.5. The Morgan fingerprint density at radius 2 is 2.00 bits per heavy atom. The minimum Gasteiger partial charge on any atom is -0.491 e. The minimum absolute atomic E-state index is 0.0471. The number of hydrogen-bond donors (Lipinski definition) is 1. The molecule has 2 aromatic rings. The van der Waals surface area contributed by atoms with Gasteiger partial charge in [0, 0.05) is 37.2 Å². The summed E-state index contributed by atoms with van der Waals surface area (Å²) in [6, 6.07) is 3.82. The number of fused-ring (bicyclic) bond motifs is 1. The van der Waals surface area contributed by atoms with E-state index in [1.54, 1.807) is 12.4 Å². The molecule has 2 fully saturated rings. The van der Waals surface area contributed by atoms with Gasteiger partial charge in [-0.25, -0.2) is 15.0 Å². The molecule has 1 aliphatic carbocycles. The molecule has 1 N–H and O–H groups in total. The Bertz CT molecular complexity index is 854. The maximum absolute atomic E-state index is 13.4. The van der Waals surface area contributed by atoms with Gasteiger partial charge >= 0.3 is 0 Å². The van der Waals surface area contributed by atoms with Gasteiger partial charge in [-0.1, -0.05) is 0 Å². The third-order valence-electron chi connectivity index (χ3n) is 5.55. The van der Waals surface area contributed by atoms with E-state index in [4.69, 9.17) is 4.74 Å². The molecule has 2 aromatic heterocycles. The highest BCUT2D eigenvalue weighted by molar-refractivity contribution is 5.95. The van der Waals surface area contributed by atoms with Crippen LogP contribution in [0.15, 0.2) is 24.5 Å². The van der Waals surface area contributed by atoms with Crippen molar-refractivity contribution in [1.29, 1.82) is 0 Å². The van der Waals surface area contributed by atoms with Gasteiger partial charge in [-0.05, 0) is 63.1 Å². The van der Waals surface area contributed by atoms with E-state index in [2.05, 4.69) is 20.3 Å². The second kappa shape index (κ2) is 7.73. The number of amides is 1. The smallest absolute Gasteiger partial charge is 0.276 e. The molecule has 0 aromatic carbocycles. The molecular weight excluding hydrogens is 354 g/mol. The highest BCUT2D eigenvalue weighted by Crippen LogP contribution is 2.47. The Morgan fingerprint density at radius 1 is 1.21 bits per heavy atom. The summed E-state index contributed by atoms with van der Waals surface area (Å²) in [6.07, 6.45) is 5.80. The second-order valence-corrected chi connectivity index (χ2v) is 7.80. The summed E-state index contributed by atoms with van der Waals surface area (Å²) in [5.74, 6) is 2.46. The van der Waals surface area contributed by atoms with E-state index in [1.165, 1.54) is 6.42 Å². The number of pyridine rings is 1. The normalized spacial score (nSPS) is 23.1. The number of piperidine rings is 1. The molecule has 2 aliphatic rings. The fraction of sp³-hybridized carbons (Fsp3) is 0.524. The van der Waals surface area contributed by atoms with Crippen LogP contribution >= 0.6 is 0 Å². The van der Waals surface area contributed by atoms with Crippen molar-refractivity contribution in [3.63, 3.8) is 0 Å². The number of nitrogens with one attached hydrogen (secondary N) is 1. The molecule has 4 rings (SSSR count). The number of rotatable bonds is 6. The largest absolute Gasteiger partial charge is 0.491 e. The fourth-order valence-electron chi connectivity index (χ4n) is 3.94. The van der Waals surface area contributed by atoms with Crippen LogP contribution < -0.4 is 10.1 Å². The van der Waals surface area contributed by atoms with Crippen molar-refractivity contribution >= 4 is 11.9 Å². The van der Waals surface area contributed by atoms with Crippen molar-refractivity contribution in [3.05, 3.63) is 41.5 Å². The van der Waals surface area contributed by atoms with E-state index in [1.807, 2.05) is 37.8 Å². The number of carbonyl (C=O) groups is 1. The molecule has 1 amide bonds. The van der Waals surface area contributed by atoms with Gasteiger partial charge in [-0.15, -0.1) is 0 Å². The maximum Gasteiger partial charge on any atom is 0.276 e. The molecule has 0 spiro atoms. The molecule has 148 valence electrons. The molecule has 3 atom stereocenters. The zero-order chi connectivity index (χ0) is 19.7. The van der Waals surface area contributed by atoms with Crippen molar-refractivity contribution in [2.24, 2.45) is 11.8 Å². The number of likely N-dealkylation sites (tertiary alicyclic amines) is 1. The average Bonchev–Trinajstić information content (AvgIpc) is 3.46. The summed E-state index contributed by atoms with van der Waals surface area (Å²) >= 11 is 0. The van der Waals surface area contributed by atoms with Crippen molar-refractivity contribution < 1.29 is 9.53 Å². The Kier molecular flexibility index (Phi) is 5.15. The van der Waals surface area contributed by atoms with E-state index >= 15 is 0 Å². The van der Waals surface area contributed by atoms with Gasteiger partial charge in [0.15, 0.2) is 11.4 Å². The van der Waals surface area contributed by atoms with E-state index in [-0.39, 0.29) is 11.9 Å². The first-order valence-electron chi connectivity index (χ1n) is 9.99. The van der Waals surface area contributed by atoms with Crippen LogP contribution in [0.4, 0.5) is 5.95 Å². The molecule has 1 saturated heterocycles. The zero-order valence-corrected chi connectivity index (χ0v) is 16.7. The Balaban J connectivity index is 1.53. The predicted octanol–water partition coefficient (Wildman–Crippen LogP) is 2.85. The van der Waals surface area contributed by atoms with Gasteiger partial charge in [0.05, 0.1) is 6.61 Å². The van der Waals surface area contributed by atoms with Crippen LogP contribution in [0.2, 0.25) is 0 Å². The number of nitrogens with zero attached hydrogens (tertiary/aromatic N) is 4. The third kappa shape index (κ3) is 3.93. The quantitative estimate of drug-likeness (QED) is 0.829. The van der Waals surface area contributed by atoms with Crippen LogP contribution in [0, 0.1) is 25.7 Å². The van der Waals surface area contributed by atoms with Crippen molar-refractivity contribution in [2.75, 3.05) is 25.0 Å². The Hall–Kier alpha value is -2.70. The van der Waals surface area contributed by atoms with E-state index in [9.17, 15) is 4.79 Å². The summed E-state index contributed by atoms with van der Waals surface area (Å²) in [5, 5.41) is 3.30. The first kappa shape index (κ1) is 18.7. The summed E-state index contributed by atoms with van der Waals surface area (Å²) < 4.78 is 5.67. The number of hydrogen-bond acceptors (Lipinski definition) is 6. The number of carbonyl (C=O) groups excluding carboxylic acids is 1.